The fourth-order valence-corrected chi connectivity index (χ4v) is 2.77. The van der Waals surface area contributed by atoms with Crippen LogP contribution in [0.1, 0.15) is 19.8 Å². The number of esters is 1. The van der Waals surface area contributed by atoms with Gasteiger partial charge in [-0.3, -0.25) is 9.78 Å². The average molecular weight is 267 g/mol. The van der Waals surface area contributed by atoms with Crippen molar-refractivity contribution in [2.45, 2.75) is 30.3 Å². The van der Waals surface area contributed by atoms with Crippen LogP contribution >= 0.6 is 11.8 Å². The molecule has 0 saturated heterocycles. The smallest absolute Gasteiger partial charge is 0.327 e. The molecule has 2 N–H and O–H groups in total. The Bertz CT molecular complexity index is 411. The van der Waals surface area contributed by atoms with Crippen molar-refractivity contribution in [3.8, 4) is 0 Å². The summed E-state index contributed by atoms with van der Waals surface area (Å²) in [6, 6.07) is 0. The first-order valence-electron chi connectivity index (χ1n) is 6.01. The number of hydrogen-bond donors (Lipinski definition) is 1. The molecule has 1 saturated carbocycles. The van der Waals surface area contributed by atoms with Gasteiger partial charge in [-0.1, -0.05) is 0 Å². The quantitative estimate of drug-likeness (QED) is 0.617. The van der Waals surface area contributed by atoms with Gasteiger partial charge in [0.2, 0.25) is 0 Å². The first-order chi connectivity index (χ1) is 8.66. The maximum atomic E-state index is 12.0. The lowest BCUT2D eigenvalue weighted by Crippen LogP contribution is -2.53. The molecule has 0 bridgehead atoms. The molecule has 0 aromatic carbocycles. The van der Waals surface area contributed by atoms with Gasteiger partial charge in [-0.25, -0.2) is 4.98 Å². The molecule has 1 fully saturated rings. The number of hydrogen-bond acceptors (Lipinski definition) is 6. The van der Waals surface area contributed by atoms with Crippen LogP contribution in [0.3, 0.4) is 0 Å². The van der Waals surface area contributed by atoms with Crippen LogP contribution in [0.2, 0.25) is 0 Å². The third-order valence-electron chi connectivity index (χ3n) is 2.96. The molecule has 0 radical (unpaired) electrons. The van der Waals surface area contributed by atoms with Gasteiger partial charge in [0.15, 0.2) is 0 Å². The summed E-state index contributed by atoms with van der Waals surface area (Å²) in [6.07, 6.45) is 6.91. The van der Waals surface area contributed by atoms with Gasteiger partial charge in [-0.15, -0.1) is 11.8 Å². The molecular formula is C12H17N3O2S. The van der Waals surface area contributed by atoms with E-state index in [1.807, 2.05) is 0 Å². The molecule has 1 unspecified atom stereocenters. The number of thioether (sulfide) groups is 1. The van der Waals surface area contributed by atoms with Crippen LogP contribution in [0.15, 0.2) is 23.6 Å². The molecule has 18 heavy (non-hydrogen) atoms. The molecule has 1 aromatic rings. The third kappa shape index (κ3) is 3.00. The van der Waals surface area contributed by atoms with Crippen molar-refractivity contribution in [1.82, 2.24) is 9.97 Å². The third-order valence-corrected chi connectivity index (χ3v) is 4.09. The summed E-state index contributed by atoms with van der Waals surface area (Å²) in [5.74, 6) is 0.416. The molecule has 5 nitrogen and oxygen atoms in total. The van der Waals surface area contributed by atoms with Gasteiger partial charge in [-0.05, 0) is 25.7 Å². The highest BCUT2D eigenvalue weighted by molar-refractivity contribution is 7.99. The molecule has 6 heteroatoms. The molecule has 98 valence electrons. The highest BCUT2D eigenvalue weighted by atomic mass is 32.2. The van der Waals surface area contributed by atoms with Crippen molar-refractivity contribution >= 4 is 17.7 Å². The number of rotatable bonds is 6. The minimum Gasteiger partial charge on any atom is -0.465 e. The van der Waals surface area contributed by atoms with E-state index >= 15 is 0 Å². The largest absolute Gasteiger partial charge is 0.465 e. The summed E-state index contributed by atoms with van der Waals surface area (Å²) in [6.45, 7) is 2.15. The maximum absolute atomic E-state index is 12.0. The predicted octanol–water partition coefficient (Wildman–Crippen LogP) is 1.24. The Kier molecular flexibility index (Phi) is 4.19. The molecule has 1 heterocycles. The monoisotopic (exact) mass is 267 g/mol. The molecule has 0 spiro atoms. The Hall–Kier alpha value is -1.14. The van der Waals surface area contributed by atoms with E-state index in [1.54, 1.807) is 25.5 Å². The normalized spacial score (nSPS) is 18.1. The van der Waals surface area contributed by atoms with Crippen molar-refractivity contribution in [3.05, 3.63) is 18.6 Å². The van der Waals surface area contributed by atoms with Crippen LogP contribution in [-0.4, -0.2) is 33.8 Å². The van der Waals surface area contributed by atoms with Crippen molar-refractivity contribution in [1.29, 1.82) is 0 Å². The minimum atomic E-state index is -0.891. The lowest BCUT2D eigenvalue weighted by molar-refractivity contribution is -0.149. The molecule has 1 atom stereocenters. The van der Waals surface area contributed by atoms with E-state index in [-0.39, 0.29) is 11.9 Å². The second-order valence-electron chi connectivity index (χ2n) is 4.37. The van der Waals surface area contributed by atoms with E-state index in [9.17, 15) is 4.79 Å². The van der Waals surface area contributed by atoms with Crippen LogP contribution < -0.4 is 5.73 Å². The summed E-state index contributed by atoms with van der Waals surface area (Å²) in [4.78, 5) is 20.1. The number of nitrogens with two attached hydrogens (primary N) is 1. The van der Waals surface area contributed by atoms with Crippen LogP contribution in [0.25, 0.3) is 0 Å². The lowest BCUT2D eigenvalue weighted by Gasteiger charge is -2.26. The molecule has 1 aliphatic rings. The Morgan fingerprint density at radius 1 is 1.61 bits per heavy atom. The second-order valence-corrected chi connectivity index (χ2v) is 5.36. The van der Waals surface area contributed by atoms with Gasteiger partial charge in [0.1, 0.15) is 10.6 Å². The maximum Gasteiger partial charge on any atom is 0.327 e. The highest BCUT2D eigenvalue weighted by Gasteiger charge is 2.49. The van der Waals surface area contributed by atoms with Crippen molar-refractivity contribution < 1.29 is 9.53 Å². The van der Waals surface area contributed by atoms with Gasteiger partial charge in [0.25, 0.3) is 0 Å². The Morgan fingerprint density at radius 2 is 2.39 bits per heavy atom. The Balaban J connectivity index is 2.00. The van der Waals surface area contributed by atoms with E-state index < -0.39 is 5.54 Å². The summed E-state index contributed by atoms with van der Waals surface area (Å²) in [7, 11) is 0. The van der Waals surface area contributed by atoms with Crippen LogP contribution in [0.5, 0.6) is 0 Å². The number of ether oxygens (including phenoxy) is 1. The van der Waals surface area contributed by atoms with E-state index in [4.69, 9.17) is 10.5 Å². The summed E-state index contributed by atoms with van der Waals surface area (Å²) in [5, 5.41) is 0.775. The van der Waals surface area contributed by atoms with E-state index in [2.05, 4.69) is 9.97 Å². The van der Waals surface area contributed by atoms with Gasteiger partial charge in [-0.2, -0.15) is 0 Å². The number of carbonyl (C=O) groups excluding carboxylic acids is 1. The zero-order valence-electron chi connectivity index (χ0n) is 10.3. The molecule has 2 rings (SSSR count). The first kappa shape index (κ1) is 13.3. The fourth-order valence-electron chi connectivity index (χ4n) is 1.76. The standard InChI is InChI=1S/C12H17N3O2S/c1-2-17-11(16)12(13,9-3-4-9)8-18-10-7-14-5-6-15-10/h5-7,9H,2-4,8,13H2,1H3. The van der Waals surface area contributed by atoms with Crippen LogP contribution in [0, 0.1) is 5.92 Å². The van der Waals surface area contributed by atoms with Crippen LogP contribution in [0.4, 0.5) is 0 Å². The van der Waals surface area contributed by atoms with Gasteiger partial charge >= 0.3 is 5.97 Å². The molecule has 0 aliphatic heterocycles. The van der Waals surface area contributed by atoms with Gasteiger partial charge in [0.05, 0.1) is 12.8 Å². The van der Waals surface area contributed by atoms with Gasteiger partial charge in [0, 0.05) is 18.1 Å². The van der Waals surface area contributed by atoms with Crippen molar-refractivity contribution in [2.75, 3.05) is 12.4 Å². The lowest BCUT2D eigenvalue weighted by atomic mass is 9.97. The number of carbonyl (C=O) groups is 1. The van der Waals surface area contributed by atoms with E-state index in [0.29, 0.717) is 12.4 Å². The van der Waals surface area contributed by atoms with E-state index in [1.165, 1.54) is 11.8 Å². The Labute approximate surface area is 111 Å². The first-order valence-corrected chi connectivity index (χ1v) is 7.00. The van der Waals surface area contributed by atoms with Crippen LogP contribution in [-0.2, 0) is 9.53 Å². The number of nitrogens with zero attached hydrogens (tertiary/aromatic N) is 2. The van der Waals surface area contributed by atoms with Gasteiger partial charge < -0.3 is 10.5 Å². The molecule has 1 aliphatic carbocycles. The van der Waals surface area contributed by atoms with Crippen molar-refractivity contribution in [3.63, 3.8) is 0 Å². The summed E-state index contributed by atoms with van der Waals surface area (Å²) < 4.78 is 5.08. The zero-order chi connectivity index (χ0) is 13.0. The number of aromatic nitrogens is 2. The topological polar surface area (TPSA) is 78.1 Å². The zero-order valence-corrected chi connectivity index (χ0v) is 11.2. The second kappa shape index (κ2) is 5.67. The minimum absolute atomic E-state index is 0.237. The van der Waals surface area contributed by atoms with E-state index in [0.717, 1.165) is 17.9 Å². The molecule has 1 aromatic heterocycles. The molecule has 0 amide bonds. The highest BCUT2D eigenvalue weighted by Crippen LogP contribution is 2.41. The van der Waals surface area contributed by atoms with Crippen molar-refractivity contribution in [2.24, 2.45) is 11.7 Å². The average Bonchev–Trinajstić information content (AvgIpc) is 3.22. The fraction of sp³-hybridized carbons (Fsp3) is 0.583. The predicted molar refractivity (Wildman–Crippen MR) is 69.0 cm³/mol. The molecular weight excluding hydrogens is 250 g/mol. The summed E-state index contributed by atoms with van der Waals surface area (Å²) in [5.41, 5.74) is 5.35. The Morgan fingerprint density at radius 3 is 2.94 bits per heavy atom. The SMILES string of the molecule is CCOC(=O)C(N)(CSc1cnccn1)C1CC1. The summed E-state index contributed by atoms with van der Waals surface area (Å²) >= 11 is 1.45.